The van der Waals surface area contributed by atoms with Gasteiger partial charge in [-0.1, -0.05) is 42.5 Å². The Morgan fingerprint density at radius 3 is 2.00 bits per heavy atom. The highest BCUT2D eigenvalue weighted by Crippen LogP contribution is 2.39. The fraction of sp³-hybridized carbons (Fsp3) is 0.0714. The minimum Gasteiger partial charge on any atom is -0.454 e. The van der Waals surface area contributed by atoms with Crippen LogP contribution in [0.3, 0.4) is 0 Å². The highest BCUT2D eigenvalue weighted by molar-refractivity contribution is 6.42. The Morgan fingerprint density at radius 2 is 1.40 bits per heavy atom. The summed E-state index contributed by atoms with van der Waals surface area (Å²) in [6, 6.07) is 19.3. The Labute approximate surface area is 196 Å². The van der Waals surface area contributed by atoms with Gasteiger partial charge in [-0.2, -0.15) is 13.2 Å². The van der Waals surface area contributed by atoms with E-state index in [1.807, 2.05) is 24.3 Å². The van der Waals surface area contributed by atoms with E-state index in [1.165, 1.54) is 30.3 Å². The molecule has 0 radical (unpaired) electrons. The summed E-state index contributed by atoms with van der Waals surface area (Å²) in [4.78, 5) is 26.1. The molecule has 7 heteroatoms. The Hall–Kier alpha value is -4.39. The van der Waals surface area contributed by atoms with Crippen LogP contribution < -0.4 is 0 Å². The van der Waals surface area contributed by atoms with Crippen molar-refractivity contribution in [2.45, 2.75) is 6.18 Å². The third-order valence-corrected chi connectivity index (χ3v) is 6.42. The van der Waals surface area contributed by atoms with Gasteiger partial charge in [-0.15, -0.1) is 0 Å². The number of rotatable bonds is 2. The number of allylic oxidation sites excluding steroid dienone is 1. The molecule has 0 spiro atoms. The molecule has 0 saturated carbocycles. The third-order valence-electron chi connectivity index (χ3n) is 6.42. The number of ketones is 2. The molecule has 2 heterocycles. The maximum absolute atomic E-state index is 13.4. The Balaban J connectivity index is 1.42. The lowest BCUT2D eigenvalue weighted by Gasteiger charge is -2.10. The van der Waals surface area contributed by atoms with Gasteiger partial charge in [0.2, 0.25) is 0 Å². The number of benzene rings is 3. The number of Topliss-reactive ketones (excluding diaryl/α,β-unsaturated/α-hetero) is 2. The molecule has 0 saturated heterocycles. The summed E-state index contributed by atoms with van der Waals surface area (Å²) < 4.78 is 47.8. The summed E-state index contributed by atoms with van der Waals surface area (Å²) in [6.07, 6.45) is -3.01. The molecule has 0 amide bonds. The lowest BCUT2D eigenvalue weighted by molar-refractivity contribution is -0.137. The first-order valence-corrected chi connectivity index (χ1v) is 10.8. The fourth-order valence-electron chi connectivity index (χ4n) is 4.64. The topological polar surface area (TPSA) is 52.2 Å². The zero-order valence-corrected chi connectivity index (χ0v) is 18.3. The molecular weight excluding hydrogens is 455 g/mol. The Kier molecular flexibility index (Phi) is 4.42. The van der Waals surface area contributed by atoms with Gasteiger partial charge in [0.25, 0.3) is 0 Å². The van der Waals surface area contributed by atoms with E-state index in [2.05, 4.69) is 0 Å². The largest absolute Gasteiger partial charge is 0.454 e. The standard InChI is InChI=1S/C28H16F3NO3/c1-32-17(12-21-26(33)19-10-15-6-2-3-7-16(15)11-20(19)27(21)34)13-25-23(32)14-24(35-25)18-8-4-5-9-22(18)28(29,30)31/h2-14H,1H3. The number of hydrogen-bond donors (Lipinski definition) is 0. The quantitative estimate of drug-likeness (QED) is 0.204. The van der Waals surface area contributed by atoms with Crippen LogP contribution in [0.1, 0.15) is 32.0 Å². The van der Waals surface area contributed by atoms with E-state index < -0.39 is 11.7 Å². The van der Waals surface area contributed by atoms with Crippen LogP contribution >= 0.6 is 0 Å². The van der Waals surface area contributed by atoms with E-state index in [9.17, 15) is 22.8 Å². The van der Waals surface area contributed by atoms with Gasteiger partial charge in [-0.25, -0.2) is 0 Å². The maximum atomic E-state index is 13.4. The summed E-state index contributed by atoms with van der Waals surface area (Å²) in [7, 11) is 1.70. The molecule has 3 aromatic carbocycles. The summed E-state index contributed by atoms with van der Waals surface area (Å²) in [5, 5.41) is 1.74. The molecule has 1 aliphatic rings. The van der Waals surface area contributed by atoms with Crippen LogP contribution in [0, 0.1) is 0 Å². The number of carbonyl (C=O) groups is 2. The van der Waals surface area contributed by atoms with Crippen LogP contribution in [-0.4, -0.2) is 16.1 Å². The molecule has 0 unspecified atom stereocenters. The number of nitrogens with zero attached hydrogens (tertiary/aromatic N) is 1. The number of furan rings is 1. The summed E-state index contributed by atoms with van der Waals surface area (Å²) in [5.41, 5.74) is 1.36. The molecule has 0 aliphatic heterocycles. The monoisotopic (exact) mass is 471 g/mol. The average molecular weight is 471 g/mol. The lowest BCUT2D eigenvalue weighted by Crippen LogP contribution is -2.06. The fourth-order valence-corrected chi connectivity index (χ4v) is 4.64. The summed E-state index contributed by atoms with van der Waals surface area (Å²) in [5.74, 6) is -0.619. The second-order valence-electron chi connectivity index (χ2n) is 8.49. The minimum atomic E-state index is -4.52. The van der Waals surface area contributed by atoms with Crippen LogP contribution in [0.2, 0.25) is 0 Å². The number of halogens is 3. The number of carbonyl (C=O) groups excluding carboxylic acids is 2. The predicted octanol–water partition coefficient (Wildman–Crippen LogP) is 7.07. The number of fused-ring (bicyclic) bond motifs is 3. The predicted molar refractivity (Wildman–Crippen MR) is 126 cm³/mol. The molecule has 35 heavy (non-hydrogen) atoms. The Morgan fingerprint density at radius 1 is 0.800 bits per heavy atom. The van der Waals surface area contributed by atoms with Crippen molar-refractivity contribution in [2.75, 3.05) is 0 Å². The van der Waals surface area contributed by atoms with Gasteiger partial charge in [-0.05, 0) is 35.0 Å². The van der Waals surface area contributed by atoms with Gasteiger partial charge in [0.15, 0.2) is 17.1 Å². The van der Waals surface area contributed by atoms with Crippen LogP contribution in [-0.2, 0) is 13.2 Å². The smallest absolute Gasteiger partial charge is 0.417 e. The van der Waals surface area contributed by atoms with Crippen LogP contribution in [0.4, 0.5) is 13.2 Å². The molecule has 4 nitrogen and oxygen atoms in total. The van der Waals surface area contributed by atoms with Gasteiger partial charge in [0.05, 0.1) is 16.7 Å². The van der Waals surface area contributed by atoms with E-state index in [-0.39, 0.29) is 28.5 Å². The normalized spacial score (nSPS) is 13.8. The molecular formula is C28H16F3NO3. The van der Waals surface area contributed by atoms with E-state index >= 15 is 0 Å². The van der Waals surface area contributed by atoms with Crippen LogP contribution in [0.15, 0.2) is 82.8 Å². The van der Waals surface area contributed by atoms with Gasteiger partial charge < -0.3 is 8.98 Å². The van der Waals surface area contributed by atoms with E-state index in [0.29, 0.717) is 27.9 Å². The van der Waals surface area contributed by atoms with Crippen molar-refractivity contribution in [2.24, 2.45) is 7.05 Å². The second-order valence-corrected chi connectivity index (χ2v) is 8.49. The van der Waals surface area contributed by atoms with Crippen LogP contribution in [0.5, 0.6) is 0 Å². The average Bonchev–Trinajstić information content (AvgIpc) is 3.45. The van der Waals surface area contributed by atoms with Gasteiger partial charge >= 0.3 is 6.18 Å². The van der Waals surface area contributed by atoms with Gasteiger partial charge in [0.1, 0.15) is 5.76 Å². The van der Waals surface area contributed by atoms with Crippen molar-refractivity contribution in [3.63, 3.8) is 0 Å². The first kappa shape index (κ1) is 21.2. The van der Waals surface area contributed by atoms with Crippen molar-refractivity contribution in [1.82, 2.24) is 4.57 Å². The van der Waals surface area contributed by atoms with Gasteiger partial charge in [-0.3, -0.25) is 9.59 Å². The maximum Gasteiger partial charge on any atom is 0.417 e. The molecule has 2 aromatic heterocycles. The van der Waals surface area contributed by atoms with Crippen molar-refractivity contribution >= 4 is 39.5 Å². The first-order chi connectivity index (χ1) is 16.7. The number of aryl methyl sites for hydroxylation is 1. The van der Waals surface area contributed by atoms with E-state index in [0.717, 1.165) is 16.8 Å². The van der Waals surface area contributed by atoms with Crippen molar-refractivity contribution in [1.29, 1.82) is 0 Å². The molecule has 0 N–H and O–H groups in total. The molecule has 1 aliphatic carbocycles. The minimum absolute atomic E-state index is 0.0428. The molecule has 5 aromatic rings. The number of aromatic nitrogens is 1. The van der Waals surface area contributed by atoms with Crippen molar-refractivity contribution in [3.05, 3.63) is 101 Å². The van der Waals surface area contributed by atoms with Crippen molar-refractivity contribution in [3.8, 4) is 11.3 Å². The van der Waals surface area contributed by atoms with E-state index in [4.69, 9.17) is 4.42 Å². The molecule has 0 atom stereocenters. The van der Waals surface area contributed by atoms with Crippen molar-refractivity contribution < 1.29 is 27.2 Å². The highest BCUT2D eigenvalue weighted by atomic mass is 19.4. The number of hydrogen-bond acceptors (Lipinski definition) is 3. The molecule has 0 fully saturated rings. The summed E-state index contributed by atoms with van der Waals surface area (Å²) >= 11 is 0. The zero-order chi connectivity index (χ0) is 24.5. The summed E-state index contributed by atoms with van der Waals surface area (Å²) in [6.45, 7) is 0. The molecule has 6 rings (SSSR count). The molecule has 0 bridgehead atoms. The zero-order valence-electron chi connectivity index (χ0n) is 18.3. The third kappa shape index (κ3) is 3.23. The molecule has 172 valence electrons. The Bertz CT molecular complexity index is 1680. The number of alkyl halides is 3. The SMILES string of the molecule is Cn1c(C=C2C(=O)c3cc4ccccc4cc3C2=O)cc2oc(-c3ccccc3C(F)(F)F)cc21. The highest BCUT2D eigenvalue weighted by Gasteiger charge is 2.35. The second kappa shape index (κ2) is 7.30. The van der Waals surface area contributed by atoms with Gasteiger partial charge in [0, 0.05) is 41.6 Å². The first-order valence-electron chi connectivity index (χ1n) is 10.8. The van der Waals surface area contributed by atoms with Crippen LogP contribution in [0.25, 0.3) is 39.3 Å². The lowest BCUT2D eigenvalue weighted by atomic mass is 10.0. The van der Waals surface area contributed by atoms with E-state index in [1.54, 1.807) is 29.8 Å².